The summed E-state index contributed by atoms with van der Waals surface area (Å²) in [5.74, 6) is 0.589. The van der Waals surface area contributed by atoms with E-state index >= 15 is 0 Å². The Labute approximate surface area is 179 Å². The highest BCUT2D eigenvalue weighted by Gasteiger charge is 2.24. The van der Waals surface area contributed by atoms with E-state index in [4.69, 9.17) is 10.2 Å². The maximum atomic E-state index is 12.9. The van der Waals surface area contributed by atoms with E-state index in [1.165, 1.54) is 16.6 Å². The Morgan fingerprint density at radius 1 is 1.10 bits per heavy atom. The van der Waals surface area contributed by atoms with Crippen molar-refractivity contribution in [3.05, 3.63) is 47.0 Å². The molecule has 0 atom stereocenters. The van der Waals surface area contributed by atoms with Crippen LogP contribution in [0.5, 0.6) is 0 Å². The molecule has 2 fully saturated rings. The van der Waals surface area contributed by atoms with Crippen molar-refractivity contribution in [2.45, 2.75) is 6.42 Å². The fourth-order valence-corrected chi connectivity index (χ4v) is 4.25. The van der Waals surface area contributed by atoms with Gasteiger partial charge in [-0.15, -0.1) is 0 Å². The second-order valence-electron chi connectivity index (χ2n) is 8.01. The number of hydrogen-bond acceptors (Lipinski definition) is 8. The fourth-order valence-electron chi connectivity index (χ4n) is 4.25. The van der Waals surface area contributed by atoms with E-state index in [-0.39, 0.29) is 5.56 Å². The molecule has 31 heavy (non-hydrogen) atoms. The largest absolute Gasteiger partial charge is 0.411 e. The van der Waals surface area contributed by atoms with Crippen molar-refractivity contribution in [2.24, 2.45) is 12.2 Å². The van der Waals surface area contributed by atoms with Crippen molar-refractivity contribution < 1.29 is 5.21 Å². The Morgan fingerprint density at radius 3 is 2.58 bits per heavy atom. The molecule has 2 N–H and O–H groups in total. The predicted molar refractivity (Wildman–Crippen MR) is 121 cm³/mol. The van der Waals surface area contributed by atoms with Gasteiger partial charge in [0.15, 0.2) is 0 Å². The molecule has 5 rings (SSSR count). The number of hydrogen-bond donors (Lipinski definition) is 2. The van der Waals surface area contributed by atoms with Crippen LogP contribution < -0.4 is 20.7 Å². The third-order valence-electron chi connectivity index (χ3n) is 6.01. The number of benzene rings is 1. The molecular weight excluding hydrogens is 394 g/mol. The zero-order chi connectivity index (χ0) is 21.4. The van der Waals surface area contributed by atoms with Gasteiger partial charge in [0.2, 0.25) is 0 Å². The van der Waals surface area contributed by atoms with Crippen LogP contribution in [-0.2, 0) is 7.05 Å². The van der Waals surface area contributed by atoms with Crippen molar-refractivity contribution in [1.29, 1.82) is 0 Å². The van der Waals surface area contributed by atoms with Gasteiger partial charge in [0.25, 0.3) is 5.56 Å². The van der Waals surface area contributed by atoms with E-state index in [0.29, 0.717) is 41.9 Å². The zero-order valence-corrected chi connectivity index (χ0v) is 17.5. The summed E-state index contributed by atoms with van der Waals surface area (Å²) in [5.41, 5.74) is 4.10. The molecule has 9 heteroatoms. The van der Waals surface area contributed by atoms with Crippen LogP contribution in [0, 0.1) is 0 Å². The molecule has 0 amide bonds. The van der Waals surface area contributed by atoms with Crippen LogP contribution in [0.15, 0.2) is 46.6 Å². The molecular formula is C22H25N7O2. The van der Waals surface area contributed by atoms with Crippen LogP contribution in [0.4, 0.5) is 11.5 Å². The first-order chi connectivity index (χ1) is 15.1. The maximum Gasteiger partial charge on any atom is 0.264 e. The summed E-state index contributed by atoms with van der Waals surface area (Å²) in [6.45, 7) is 5.07. The summed E-state index contributed by atoms with van der Waals surface area (Å²) < 4.78 is 1.46. The molecule has 9 nitrogen and oxygen atoms in total. The van der Waals surface area contributed by atoms with Gasteiger partial charge >= 0.3 is 0 Å². The van der Waals surface area contributed by atoms with Crippen LogP contribution in [0.25, 0.3) is 22.2 Å². The molecule has 1 aromatic carbocycles. The summed E-state index contributed by atoms with van der Waals surface area (Å²) in [4.78, 5) is 26.6. The van der Waals surface area contributed by atoms with Gasteiger partial charge in [-0.1, -0.05) is 17.3 Å². The van der Waals surface area contributed by atoms with Crippen LogP contribution in [0.3, 0.4) is 0 Å². The smallest absolute Gasteiger partial charge is 0.264 e. The van der Waals surface area contributed by atoms with Gasteiger partial charge in [-0.05, 0) is 18.2 Å². The van der Waals surface area contributed by atoms with Crippen LogP contribution >= 0.6 is 0 Å². The molecule has 160 valence electrons. The third kappa shape index (κ3) is 3.61. The molecule has 2 aliphatic rings. The van der Waals surface area contributed by atoms with Crippen molar-refractivity contribution in [3.63, 3.8) is 0 Å². The molecule has 2 saturated heterocycles. The predicted octanol–water partition coefficient (Wildman–Crippen LogP) is 1.45. The zero-order valence-electron chi connectivity index (χ0n) is 17.5. The Balaban J connectivity index is 1.58. The molecule has 4 heterocycles. The quantitative estimate of drug-likeness (QED) is 0.490. The molecule has 2 aliphatic heterocycles. The van der Waals surface area contributed by atoms with Crippen molar-refractivity contribution in [1.82, 2.24) is 19.9 Å². The fraction of sp³-hybridized carbons (Fsp3) is 0.364. The molecule has 2 aromatic heterocycles. The number of anilines is 2. The number of nitrogens with zero attached hydrogens (tertiary/aromatic N) is 6. The van der Waals surface area contributed by atoms with Gasteiger partial charge in [0.05, 0.1) is 29.8 Å². The molecule has 0 unspecified atom stereocenters. The average Bonchev–Trinajstić information content (AvgIpc) is 3.31. The first kappa shape index (κ1) is 19.5. The van der Waals surface area contributed by atoms with E-state index in [1.807, 2.05) is 11.0 Å². The van der Waals surface area contributed by atoms with Gasteiger partial charge in [0.1, 0.15) is 11.2 Å². The van der Waals surface area contributed by atoms with E-state index in [0.717, 1.165) is 37.4 Å². The Hall–Kier alpha value is -3.46. The highest BCUT2D eigenvalue weighted by molar-refractivity contribution is 5.97. The number of rotatable bonds is 3. The van der Waals surface area contributed by atoms with Crippen LogP contribution in [0.1, 0.15) is 6.42 Å². The third-order valence-corrected chi connectivity index (χ3v) is 6.01. The van der Waals surface area contributed by atoms with Crippen molar-refractivity contribution in [2.75, 3.05) is 49.1 Å². The first-order valence-corrected chi connectivity index (χ1v) is 10.5. The van der Waals surface area contributed by atoms with Gasteiger partial charge in [0, 0.05) is 57.4 Å². The van der Waals surface area contributed by atoms with Gasteiger partial charge in [-0.2, -0.15) is 0 Å². The molecule has 0 spiro atoms. The standard InChI is InChI=1S/C22H25N7O2/c1-27-14-24-19-12-18(15-2-4-17(5-3-15)28-10-7-23-8-11-28)25-21(20(19)22(27)30)29-9-6-16(13-29)26-31/h2-5,12,14,23,31H,6-11,13H2,1H3/b26-16-. The summed E-state index contributed by atoms with van der Waals surface area (Å²) in [5, 5.41) is 16.4. The molecule has 0 saturated carbocycles. The monoisotopic (exact) mass is 419 g/mol. The topological polar surface area (TPSA) is 98.9 Å². The Bertz CT molecular complexity index is 1200. The highest BCUT2D eigenvalue weighted by atomic mass is 16.4. The second-order valence-corrected chi connectivity index (χ2v) is 8.01. The summed E-state index contributed by atoms with van der Waals surface area (Å²) in [7, 11) is 1.69. The number of piperazine rings is 1. The van der Waals surface area contributed by atoms with Crippen molar-refractivity contribution in [3.8, 4) is 11.3 Å². The van der Waals surface area contributed by atoms with Crippen molar-refractivity contribution >= 4 is 28.1 Å². The van der Waals surface area contributed by atoms with Crippen LogP contribution in [0.2, 0.25) is 0 Å². The summed E-state index contributed by atoms with van der Waals surface area (Å²) in [6, 6.07) is 10.3. The van der Waals surface area contributed by atoms with Gasteiger partial charge in [-0.3, -0.25) is 4.79 Å². The minimum Gasteiger partial charge on any atom is -0.411 e. The minimum absolute atomic E-state index is 0.137. The van der Waals surface area contributed by atoms with E-state index in [9.17, 15) is 4.79 Å². The first-order valence-electron chi connectivity index (χ1n) is 10.5. The lowest BCUT2D eigenvalue weighted by Crippen LogP contribution is -2.43. The summed E-state index contributed by atoms with van der Waals surface area (Å²) in [6.07, 6.45) is 2.18. The number of fused-ring (bicyclic) bond motifs is 1. The normalized spacial score (nSPS) is 18.3. The number of aryl methyl sites for hydroxylation is 1. The van der Waals surface area contributed by atoms with E-state index in [2.05, 4.69) is 44.6 Å². The van der Waals surface area contributed by atoms with Gasteiger partial charge in [-0.25, -0.2) is 9.97 Å². The Kier molecular flexibility index (Phi) is 5.03. The molecule has 0 radical (unpaired) electrons. The maximum absolute atomic E-state index is 12.9. The van der Waals surface area contributed by atoms with E-state index in [1.54, 1.807) is 7.05 Å². The van der Waals surface area contributed by atoms with Crippen LogP contribution in [-0.4, -0.2) is 64.7 Å². The minimum atomic E-state index is -0.137. The molecule has 3 aromatic rings. The molecule has 0 bridgehead atoms. The number of aromatic nitrogens is 3. The number of pyridine rings is 1. The molecule has 0 aliphatic carbocycles. The highest BCUT2D eigenvalue weighted by Crippen LogP contribution is 2.30. The Morgan fingerprint density at radius 2 is 1.87 bits per heavy atom. The lowest BCUT2D eigenvalue weighted by atomic mass is 10.1. The second kappa shape index (κ2) is 7.99. The van der Waals surface area contributed by atoms with Gasteiger partial charge < -0.3 is 24.9 Å². The average molecular weight is 419 g/mol. The SMILES string of the molecule is Cn1cnc2cc(-c3ccc(N4CCNCC4)cc3)nc(N3CC/C(=N/O)C3)c2c1=O. The lowest BCUT2D eigenvalue weighted by Gasteiger charge is -2.29. The number of nitrogens with one attached hydrogen (secondary N) is 1. The lowest BCUT2D eigenvalue weighted by molar-refractivity contribution is 0.318. The van der Waals surface area contributed by atoms with E-state index < -0.39 is 0 Å². The summed E-state index contributed by atoms with van der Waals surface area (Å²) >= 11 is 0. The number of oxime groups is 1.